The highest BCUT2D eigenvalue weighted by Gasteiger charge is 2.08. The molecule has 114 valence electrons. The van der Waals surface area contributed by atoms with Crippen molar-refractivity contribution < 1.29 is 14.3 Å². The van der Waals surface area contributed by atoms with Gasteiger partial charge in [-0.25, -0.2) is 0 Å². The SMILES string of the molecule is CCC(C)C(=O)OC.CCCCCCC(C)C(N)=O. The normalized spacial score (nSPS) is 12.9. The number of esters is 1. The molecule has 0 aromatic heterocycles. The summed E-state index contributed by atoms with van der Waals surface area (Å²) in [6.45, 7) is 7.89. The van der Waals surface area contributed by atoms with Crippen LogP contribution in [0.5, 0.6) is 0 Å². The van der Waals surface area contributed by atoms with Gasteiger partial charge < -0.3 is 10.5 Å². The van der Waals surface area contributed by atoms with Crippen molar-refractivity contribution in [2.24, 2.45) is 17.6 Å². The highest BCUT2D eigenvalue weighted by atomic mass is 16.5. The number of hydrogen-bond donors (Lipinski definition) is 1. The van der Waals surface area contributed by atoms with E-state index in [0.29, 0.717) is 0 Å². The van der Waals surface area contributed by atoms with Crippen LogP contribution in [-0.2, 0) is 14.3 Å². The van der Waals surface area contributed by atoms with Crippen molar-refractivity contribution in [1.29, 1.82) is 0 Å². The number of carbonyl (C=O) groups is 2. The van der Waals surface area contributed by atoms with Gasteiger partial charge in [-0.05, 0) is 12.8 Å². The van der Waals surface area contributed by atoms with E-state index in [1.54, 1.807) is 0 Å². The number of unbranched alkanes of at least 4 members (excludes halogenated alkanes) is 3. The maximum atomic E-state index is 10.6. The number of ether oxygens (including phenoxy) is 1. The summed E-state index contributed by atoms with van der Waals surface area (Å²) >= 11 is 0. The Balaban J connectivity index is 0. The van der Waals surface area contributed by atoms with E-state index < -0.39 is 0 Å². The van der Waals surface area contributed by atoms with Crippen molar-refractivity contribution in [2.45, 2.75) is 66.2 Å². The maximum Gasteiger partial charge on any atom is 0.308 e. The molecule has 2 N–H and O–H groups in total. The van der Waals surface area contributed by atoms with Gasteiger partial charge in [0.1, 0.15) is 0 Å². The lowest BCUT2D eigenvalue weighted by atomic mass is 10.0. The minimum Gasteiger partial charge on any atom is -0.469 e. The number of amides is 1. The highest BCUT2D eigenvalue weighted by Crippen LogP contribution is 2.09. The van der Waals surface area contributed by atoms with Crippen LogP contribution in [0, 0.1) is 11.8 Å². The molecule has 0 spiro atoms. The first-order chi connectivity index (χ1) is 8.90. The lowest BCUT2D eigenvalue weighted by Crippen LogP contribution is -2.20. The molecule has 0 fully saturated rings. The van der Waals surface area contributed by atoms with Crippen molar-refractivity contribution >= 4 is 11.9 Å². The molecule has 4 heteroatoms. The monoisotopic (exact) mass is 273 g/mol. The molecule has 19 heavy (non-hydrogen) atoms. The van der Waals surface area contributed by atoms with E-state index in [4.69, 9.17) is 5.73 Å². The third kappa shape index (κ3) is 13.2. The van der Waals surface area contributed by atoms with Crippen LogP contribution in [0.3, 0.4) is 0 Å². The lowest BCUT2D eigenvalue weighted by Gasteiger charge is -2.05. The van der Waals surface area contributed by atoms with E-state index in [2.05, 4.69) is 11.7 Å². The van der Waals surface area contributed by atoms with Gasteiger partial charge in [-0.2, -0.15) is 0 Å². The first kappa shape index (κ1) is 20.3. The Labute approximate surface area is 118 Å². The number of carbonyl (C=O) groups excluding carboxylic acids is 2. The zero-order valence-electron chi connectivity index (χ0n) is 13.2. The van der Waals surface area contributed by atoms with Crippen LogP contribution >= 0.6 is 0 Å². The van der Waals surface area contributed by atoms with Crippen LogP contribution in [0.2, 0.25) is 0 Å². The second-order valence-corrected chi connectivity index (χ2v) is 4.99. The fourth-order valence-corrected chi connectivity index (χ4v) is 1.39. The molecule has 0 saturated carbocycles. The number of nitrogens with two attached hydrogens (primary N) is 1. The number of primary amides is 1. The zero-order chi connectivity index (χ0) is 15.3. The fraction of sp³-hybridized carbons (Fsp3) is 0.867. The van der Waals surface area contributed by atoms with Crippen LogP contribution in [0.15, 0.2) is 0 Å². The summed E-state index contributed by atoms with van der Waals surface area (Å²) in [6.07, 6.45) is 6.69. The van der Waals surface area contributed by atoms with E-state index in [1.807, 2.05) is 20.8 Å². The molecule has 0 rings (SSSR count). The molecule has 4 nitrogen and oxygen atoms in total. The average molecular weight is 273 g/mol. The third-order valence-corrected chi connectivity index (χ3v) is 3.19. The van der Waals surface area contributed by atoms with Crippen LogP contribution in [0.1, 0.15) is 66.2 Å². The Hall–Kier alpha value is -1.06. The molecule has 0 bridgehead atoms. The van der Waals surface area contributed by atoms with E-state index >= 15 is 0 Å². The molecule has 0 saturated heterocycles. The molecule has 0 aromatic rings. The summed E-state index contributed by atoms with van der Waals surface area (Å²) in [6, 6.07) is 0. The molecule has 0 radical (unpaired) electrons. The van der Waals surface area contributed by atoms with Gasteiger partial charge in [-0.1, -0.05) is 53.4 Å². The van der Waals surface area contributed by atoms with Crippen molar-refractivity contribution in [3.05, 3.63) is 0 Å². The van der Waals surface area contributed by atoms with Crippen molar-refractivity contribution in [1.82, 2.24) is 0 Å². The molecular weight excluding hydrogens is 242 g/mol. The third-order valence-electron chi connectivity index (χ3n) is 3.19. The van der Waals surface area contributed by atoms with Gasteiger partial charge in [-0.3, -0.25) is 9.59 Å². The summed E-state index contributed by atoms with van der Waals surface area (Å²) in [5, 5.41) is 0. The zero-order valence-corrected chi connectivity index (χ0v) is 13.2. The van der Waals surface area contributed by atoms with Gasteiger partial charge in [0.2, 0.25) is 5.91 Å². The average Bonchev–Trinajstić information content (AvgIpc) is 2.42. The van der Waals surface area contributed by atoms with Crippen LogP contribution in [0.25, 0.3) is 0 Å². The molecule has 1 amide bonds. The van der Waals surface area contributed by atoms with Gasteiger partial charge in [0, 0.05) is 5.92 Å². The molecular formula is C15H31NO3. The maximum absolute atomic E-state index is 10.6. The molecule has 0 aromatic carbocycles. The lowest BCUT2D eigenvalue weighted by molar-refractivity contribution is -0.144. The van der Waals surface area contributed by atoms with Gasteiger partial charge in [0.25, 0.3) is 0 Å². The fourth-order valence-electron chi connectivity index (χ4n) is 1.39. The Morgan fingerprint density at radius 2 is 1.63 bits per heavy atom. The minimum absolute atomic E-state index is 0.0556. The van der Waals surface area contributed by atoms with Gasteiger partial charge in [0.05, 0.1) is 13.0 Å². The van der Waals surface area contributed by atoms with Crippen LogP contribution < -0.4 is 5.73 Å². The number of rotatable bonds is 8. The largest absolute Gasteiger partial charge is 0.469 e. The standard InChI is InChI=1S/C9H19NO.C6H12O2/c1-3-4-5-6-7-8(2)9(10)11;1-4-5(2)6(7)8-3/h8H,3-7H2,1-2H3,(H2,10,11);5H,4H2,1-3H3. The molecule has 0 aliphatic rings. The first-order valence-electron chi connectivity index (χ1n) is 7.27. The predicted octanol–water partition coefficient (Wildman–Crippen LogP) is 3.28. The Morgan fingerprint density at radius 3 is 1.95 bits per heavy atom. The smallest absolute Gasteiger partial charge is 0.308 e. The van der Waals surface area contributed by atoms with Crippen molar-refractivity contribution in [3.8, 4) is 0 Å². The molecule has 0 aliphatic carbocycles. The molecule has 0 heterocycles. The summed E-state index contributed by atoms with van der Waals surface area (Å²) in [4.78, 5) is 21.1. The number of hydrogen-bond acceptors (Lipinski definition) is 3. The van der Waals surface area contributed by atoms with Crippen molar-refractivity contribution in [3.63, 3.8) is 0 Å². The van der Waals surface area contributed by atoms with Gasteiger partial charge in [-0.15, -0.1) is 0 Å². The Kier molecular flexibility index (Phi) is 14.3. The van der Waals surface area contributed by atoms with Crippen molar-refractivity contribution in [2.75, 3.05) is 7.11 Å². The second kappa shape index (κ2) is 13.4. The van der Waals surface area contributed by atoms with Crippen LogP contribution in [-0.4, -0.2) is 19.0 Å². The summed E-state index contributed by atoms with van der Waals surface area (Å²) in [5.74, 6) is -0.166. The molecule has 0 aliphatic heterocycles. The van der Waals surface area contributed by atoms with E-state index in [9.17, 15) is 9.59 Å². The molecule has 2 atom stereocenters. The minimum atomic E-state index is -0.165. The quantitative estimate of drug-likeness (QED) is 0.545. The first-order valence-corrected chi connectivity index (χ1v) is 7.27. The van der Waals surface area contributed by atoms with E-state index in [-0.39, 0.29) is 23.7 Å². The number of methoxy groups -OCH3 is 1. The van der Waals surface area contributed by atoms with E-state index in [0.717, 1.165) is 19.3 Å². The Morgan fingerprint density at radius 1 is 1.05 bits per heavy atom. The Bertz CT molecular complexity index is 242. The summed E-state index contributed by atoms with van der Waals surface area (Å²) in [5.41, 5.74) is 5.11. The topological polar surface area (TPSA) is 69.4 Å². The summed E-state index contributed by atoms with van der Waals surface area (Å²) in [7, 11) is 1.41. The highest BCUT2D eigenvalue weighted by molar-refractivity contribution is 5.76. The predicted molar refractivity (Wildman–Crippen MR) is 78.6 cm³/mol. The molecule has 2 unspecified atom stereocenters. The summed E-state index contributed by atoms with van der Waals surface area (Å²) < 4.78 is 4.46. The van der Waals surface area contributed by atoms with Crippen LogP contribution in [0.4, 0.5) is 0 Å². The second-order valence-electron chi connectivity index (χ2n) is 4.99. The van der Waals surface area contributed by atoms with E-state index in [1.165, 1.54) is 26.4 Å². The van der Waals surface area contributed by atoms with Gasteiger partial charge >= 0.3 is 5.97 Å². The van der Waals surface area contributed by atoms with Gasteiger partial charge in [0.15, 0.2) is 0 Å².